The maximum absolute atomic E-state index is 11.2. The van der Waals surface area contributed by atoms with Gasteiger partial charge in [0.25, 0.3) is 0 Å². The molecule has 5 heteroatoms. The van der Waals surface area contributed by atoms with Crippen LogP contribution in [-0.2, 0) is 16.1 Å². The topological polar surface area (TPSA) is 38.3 Å². The molecule has 0 saturated heterocycles. The van der Waals surface area contributed by atoms with E-state index < -0.39 is 0 Å². The highest BCUT2D eigenvalue weighted by Gasteiger charge is 2.04. The van der Waals surface area contributed by atoms with Gasteiger partial charge in [-0.05, 0) is 29.8 Å². The fourth-order valence-corrected chi connectivity index (χ4v) is 3.32. The van der Waals surface area contributed by atoms with Gasteiger partial charge in [-0.3, -0.25) is 4.79 Å². The first-order valence-corrected chi connectivity index (χ1v) is 8.03. The average Bonchev–Trinajstić information content (AvgIpc) is 3.05. The largest absolute Gasteiger partial charge is 0.466 e. The van der Waals surface area contributed by atoms with Crippen LogP contribution in [0.2, 0.25) is 0 Å². The van der Waals surface area contributed by atoms with Gasteiger partial charge in [0.05, 0.1) is 13.0 Å². The number of ether oxygens (including phenoxy) is 1. The number of hydrogen-bond acceptors (Lipinski definition) is 5. The van der Waals surface area contributed by atoms with Gasteiger partial charge in [0.15, 0.2) is 0 Å². The maximum atomic E-state index is 11.2. The summed E-state index contributed by atoms with van der Waals surface area (Å²) in [5.74, 6) is -0.138. The van der Waals surface area contributed by atoms with Crippen molar-refractivity contribution in [2.45, 2.75) is 19.9 Å². The molecule has 0 atom stereocenters. The summed E-state index contributed by atoms with van der Waals surface area (Å²) >= 11 is 3.50. The summed E-state index contributed by atoms with van der Waals surface area (Å²) in [5.41, 5.74) is 1.28. The lowest BCUT2D eigenvalue weighted by Gasteiger charge is -2.03. The zero-order valence-electron chi connectivity index (χ0n) is 10.8. The molecule has 0 aromatic carbocycles. The molecule has 2 aromatic rings. The molecule has 2 heterocycles. The Hall–Kier alpha value is -1.17. The first-order chi connectivity index (χ1) is 9.29. The van der Waals surface area contributed by atoms with Crippen molar-refractivity contribution in [3.8, 4) is 10.4 Å². The third kappa shape index (κ3) is 4.45. The van der Waals surface area contributed by atoms with Crippen LogP contribution >= 0.6 is 22.7 Å². The molecule has 3 nitrogen and oxygen atoms in total. The Bertz CT molecular complexity index is 505. The minimum atomic E-state index is -0.138. The predicted molar refractivity (Wildman–Crippen MR) is 80.6 cm³/mol. The normalized spacial score (nSPS) is 10.6. The van der Waals surface area contributed by atoms with Crippen molar-refractivity contribution in [2.75, 3.05) is 13.2 Å². The van der Waals surface area contributed by atoms with Crippen LogP contribution in [0.15, 0.2) is 29.0 Å². The Kier molecular flexibility index (Phi) is 5.57. The molecule has 0 spiro atoms. The summed E-state index contributed by atoms with van der Waals surface area (Å²) in [6, 6.07) is 6.40. The molecule has 0 saturated carbocycles. The van der Waals surface area contributed by atoms with Gasteiger partial charge < -0.3 is 10.1 Å². The number of carbonyl (C=O) groups is 1. The molecule has 0 unspecified atom stereocenters. The molecule has 0 aliphatic rings. The van der Waals surface area contributed by atoms with Gasteiger partial charge in [-0.1, -0.05) is 6.07 Å². The van der Waals surface area contributed by atoms with E-state index in [9.17, 15) is 4.79 Å². The van der Waals surface area contributed by atoms with Crippen molar-refractivity contribution in [2.24, 2.45) is 0 Å². The highest BCUT2D eigenvalue weighted by atomic mass is 32.1. The van der Waals surface area contributed by atoms with Gasteiger partial charge in [0.1, 0.15) is 0 Å². The molecule has 19 heavy (non-hydrogen) atoms. The van der Waals surface area contributed by atoms with Crippen LogP contribution in [0.1, 0.15) is 18.2 Å². The molecule has 102 valence electrons. The smallest absolute Gasteiger partial charge is 0.307 e. The Morgan fingerprint density at radius 2 is 2.32 bits per heavy atom. The zero-order valence-corrected chi connectivity index (χ0v) is 12.5. The van der Waals surface area contributed by atoms with E-state index in [1.54, 1.807) is 22.7 Å². The molecule has 0 aliphatic carbocycles. The quantitative estimate of drug-likeness (QED) is 0.627. The van der Waals surface area contributed by atoms with E-state index in [2.05, 4.69) is 34.3 Å². The highest BCUT2D eigenvalue weighted by molar-refractivity contribution is 7.14. The van der Waals surface area contributed by atoms with Gasteiger partial charge in [-0.15, -0.1) is 22.7 Å². The van der Waals surface area contributed by atoms with Crippen molar-refractivity contribution in [3.63, 3.8) is 0 Å². The van der Waals surface area contributed by atoms with Crippen molar-refractivity contribution >= 4 is 28.6 Å². The third-order valence-corrected chi connectivity index (χ3v) is 4.43. The lowest BCUT2D eigenvalue weighted by atomic mass is 10.2. The number of thiophene rings is 2. The summed E-state index contributed by atoms with van der Waals surface area (Å²) in [7, 11) is 0. The van der Waals surface area contributed by atoms with Crippen LogP contribution in [0.5, 0.6) is 0 Å². The number of esters is 1. The van der Waals surface area contributed by atoms with E-state index in [1.807, 2.05) is 6.92 Å². The van der Waals surface area contributed by atoms with E-state index in [1.165, 1.54) is 15.3 Å². The van der Waals surface area contributed by atoms with Crippen molar-refractivity contribution < 1.29 is 9.53 Å². The number of carbonyl (C=O) groups excluding carboxylic acids is 1. The summed E-state index contributed by atoms with van der Waals surface area (Å²) in [6.07, 6.45) is 0.428. The maximum Gasteiger partial charge on any atom is 0.307 e. The van der Waals surface area contributed by atoms with E-state index in [4.69, 9.17) is 4.74 Å². The zero-order chi connectivity index (χ0) is 13.5. The van der Waals surface area contributed by atoms with E-state index >= 15 is 0 Å². The molecule has 0 fully saturated rings. The number of rotatable bonds is 7. The van der Waals surface area contributed by atoms with E-state index in [0.717, 1.165) is 6.54 Å². The van der Waals surface area contributed by atoms with Gasteiger partial charge in [-0.2, -0.15) is 0 Å². The van der Waals surface area contributed by atoms with Crippen LogP contribution in [-0.4, -0.2) is 19.1 Å². The summed E-state index contributed by atoms with van der Waals surface area (Å²) < 4.78 is 4.87. The molecule has 1 N–H and O–H groups in total. The van der Waals surface area contributed by atoms with Crippen molar-refractivity contribution in [3.05, 3.63) is 33.8 Å². The second-order valence-corrected chi connectivity index (χ2v) is 5.95. The highest BCUT2D eigenvalue weighted by Crippen LogP contribution is 2.29. The van der Waals surface area contributed by atoms with Gasteiger partial charge >= 0.3 is 5.97 Å². The van der Waals surface area contributed by atoms with Crippen LogP contribution in [0, 0.1) is 0 Å². The predicted octanol–water partition coefficient (Wildman–Crippen LogP) is 3.52. The van der Waals surface area contributed by atoms with Crippen LogP contribution in [0.25, 0.3) is 10.4 Å². The number of hydrogen-bond donors (Lipinski definition) is 1. The third-order valence-electron chi connectivity index (χ3n) is 2.57. The van der Waals surface area contributed by atoms with Crippen molar-refractivity contribution in [1.82, 2.24) is 5.32 Å². The van der Waals surface area contributed by atoms with Crippen LogP contribution in [0.3, 0.4) is 0 Å². The van der Waals surface area contributed by atoms with Crippen molar-refractivity contribution in [1.29, 1.82) is 0 Å². The molecule has 2 aromatic heterocycles. The van der Waals surface area contributed by atoms with E-state index in [-0.39, 0.29) is 5.97 Å². The molecule has 0 radical (unpaired) electrons. The Balaban J connectivity index is 1.74. The molecular weight excluding hydrogens is 278 g/mol. The fourth-order valence-electron chi connectivity index (χ4n) is 1.68. The standard InChI is InChI=1S/C14H17NO2S2/c1-2-17-14(16)5-6-15-9-12-8-11(10-19-12)13-4-3-7-18-13/h3-4,7-8,10,15H,2,5-6,9H2,1H3. The van der Waals surface area contributed by atoms with E-state index in [0.29, 0.717) is 19.6 Å². The summed E-state index contributed by atoms with van der Waals surface area (Å²) in [4.78, 5) is 13.7. The molecule has 0 bridgehead atoms. The second kappa shape index (κ2) is 7.43. The first kappa shape index (κ1) is 14.2. The van der Waals surface area contributed by atoms with Gasteiger partial charge in [0.2, 0.25) is 0 Å². The monoisotopic (exact) mass is 295 g/mol. The Morgan fingerprint density at radius 1 is 1.42 bits per heavy atom. The summed E-state index contributed by atoms with van der Waals surface area (Å²) in [6.45, 7) is 3.73. The summed E-state index contributed by atoms with van der Waals surface area (Å²) in [5, 5.41) is 7.52. The lowest BCUT2D eigenvalue weighted by Crippen LogP contribution is -2.18. The average molecular weight is 295 g/mol. The molecular formula is C14H17NO2S2. The fraction of sp³-hybridized carbons (Fsp3) is 0.357. The van der Waals surface area contributed by atoms with Gasteiger partial charge in [-0.25, -0.2) is 0 Å². The van der Waals surface area contributed by atoms with Crippen LogP contribution < -0.4 is 5.32 Å². The lowest BCUT2D eigenvalue weighted by molar-refractivity contribution is -0.142. The second-order valence-electron chi connectivity index (χ2n) is 4.01. The first-order valence-electron chi connectivity index (χ1n) is 6.27. The minimum absolute atomic E-state index is 0.138. The Labute approximate surface area is 121 Å². The minimum Gasteiger partial charge on any atom is -0.466 e. The van der Waals surface area contributed by atoms with Gasteiger partial charge in [0, 0.05) is 28.4 Å². The number of nitrogens with one attached hydrogen (secondary N) is 1. The SMILES string of the molecule is CCOC(=O)CCNCc1cc(-c2cccs2)cs1. The molecule has 2 rings (SSSR count). The Morgan fingerprint density at radius 3 is 3.05 bits per heavy atom. The molecule has 0 amide bonds. The molecule has 0 aliphatic heterocycles. The van der Waals surface area contributed by atoms with Crippen LogP contribution in [0.4, 0.5) is 0 Å².